The second-order valence-corrected chi connectivity index (χ2v) is 3.59. The number of nitrogens with zero attached hydrogens (tertiary/aromatic N) is 1. The minimum absolute atomic E-state index is 1.05. The van der Waals surface area contributed by atoms with E-state index in [1.165, 1.54) is 22.2 Å². The van der Waals surface area contributed by atoms with Crippen LogP contribution in [0.2, 0.25) is 0 Å². The van der Waals surface area contributed by atoms with Crippen molar-refractivity contribution >= 4 is 10.9 Å². The third-order valence-electron chi connectivity index (χ3n) is 2.58. The molecule has 1 nitrogen and oxygen atoms in total. The first-order chi connectivity index (χ1) is 6.22. The Kier molecular flexibility index (Phi) is 1.87. The van der Waals surface area contributed by atoms with Gasteiger partial charge in [0, 0.05) is 23.1 Å². The smallest absolute Gasteiger partial charge is 0.0482 e. The molecule has 0 spiro atoms. The highest BCUT2D eigenvalue weighted by Crippen LogP contribution is 2.20. The summed E-state index contributed by atoms with van der Waals surface area (Å²) in [5.74, 6) is 0. The topological polar surface area (TPSA) is 4.93 Å². The van der Waals surface area contributed by atoms with Gasteiger partial charge in [-0.3, -0.25) is 0 Å². The number of aryl methyl sites for hydroxylation is 3. The maximum atomic E-state index is 2.34. The van der Waals surface area contributed by atoms with E-state index in [0.29, 0.717) is 0 Å². The molecular weight excluding hydrogens is 158 g/mol. The zero-order valence-corrected chi connectivity index (χ0v) is 8.46. The molecule has 0 radical (unpaired) electrons. The van der Waals surface area contributed by atoms with Gasteiger partial charge in [0.15, 0.2) is 0 Å². The first-order valence-corrected chi connectivity index (χ1v) is 4.79. The quantitative estimate of drug-likeness (QED) is 0.623. The molecule has 0 N–H and O–H groups in total. The van der Waals surface area contributed by atoms with Crippen LogP contribution in [0.4, 0.5) is 0 Å². The molecular formula is C12H15N. The van der Waals surface area contributed by atoms with Gasteiger partial charge in [-0.25, -0.2) is 0 Å². The lowest BCUT2D eigenvalue weighted by molar-refractivity contribution is 0.769. The summed E-state index contributed by atoms with van der Waals surface area (Å²) in [5, 5.41) is 1.36. The van der Waals surface area contributed by atoms with Crippen LogP contribution in [0, 0.1) is 13.8 Å². The number of hydrogen-bond acceptors (Lipinski definition) is 0. The molecule has 0 aliphatic carbocycles. The van der Waals surface area contributed by atoms with Gasteiger partial charge in [0.2, 0.25) is 0 Å². The summed E-state index contributed by atoms with van der Waals surface area (Å²) >= 11 is 0. The maximum absolute atomic E-state index is 2.34. The Morgan fingerprint density at radius 1 is 1.15 bits per heavy atom. The number of rotatable bonds is 1. The maximum Gasteiger partial charge on any atom is 0.0482 e. The first kappa shape index (κ1) is 8.36. The molecule has 0 atom stereocenters. The van der Waals surface area contributed by atoms with Crippen molar-refractivity contribution < 1.29 is 0 Å². The average molecular weight is 173 g/mol. The van der Waals surface area contributed by atoms with Gasteiger partial charge in [0.1, 0.15) is 0 Å². The van der Waals surface area contributed by atoms with Crippen LogP contribution < -0.4 is 0 Å². The Hall–Kier alpha value is -1.24. The molecule has 1 aromatic heterocycles. The van der Waals surface area contributed by atoms with E-state index in [0.717, 1.165) is 6.54 Å². The summed E-state index contributed by atoms with van der Waals surface area (Å²) in [6, 6.07) is 8.88. The molecule has 1 heterocycles. The van der Waals surface area contributed by atoms with Gasteiger partial charge >= 0.3 is 0 Å². The van der Waals surface area contributed by atoms with Crippen LogP contribution in [-0.4, -0.2) is 4.57 Å². The van der Waals surface area contributed by atoms with E-state index >= 15 is 0 Å². The molecule has 2 aromatic rings. The minimum atomic E-state index is 1.05. The van der Waals surface area contributed by atoms with E-state index in [9.17, 15) is 0 Å². The Bertz CT molecular complexity index is 438. The van der Waals surface area contributed by atoms with E-state index in [-0.39, 0.29) is 0 Å². The molecule has 0 amide bonds. The van der Waals surface area contributed by atoms with Crippen molar-refractivity contribution in [3.63, 3.8) is 0 Å². The highest BCUT2D eigenvalue weighted by Gasteiger charge is 2.02. The van der Waals surface area contributed by atoms with Crippen molar-refractivity contribution in [2.45, 2.75) is 27.3 Å². The van der Waals surface area contributed by atoms with Crippen molar-refractivity contribution in [3.05, 3.63) is 35.5 Å². The fraction of sp³-hybridized carbons (Fsp3) is 0.333. The lowest BCUT2D eigenvalue weighted by atomic mass is 10.2. The summed E-state index contributed by atoms with van der Waals surface area (Å²) in [6.07, 6.45) is 0. The van der Waals surface area contributed by atoms with Crippen molar-refractivity contribution in [2.75, 3.05) is 0 Å². The fourth-order valence-corrected chi connectivity index (χ4v) is 1.95. The number of benzene rings is 1. The predicted molar refractivity (Wildman–Crippen MR) is 57.1 cm³/mol. The molecule has 13 heavy (non-hydrogen) atoms. The molecule has 0 unspecified atom stereocenters. The Morgan fingerprint density at radius 3 is 2.62 bits per heavy atom. The van der Waals surface area contributed by atoms with Gasteiger partial charge in [-0.1, -0.05) is 11.6 Å². The second-order valence-electron chi connectivity index (χ2n) is 3.59. The first-order valence-electron chi connectivity index (χ1n) is 4.79. The SMILES string of the molecule is CCn1c(C)cc2cc(C)ccc21. The average Bonchev–Trinajstić information content (AvgIpc) is 2.39. The van der Waals surface area contributed by atoms with E-state index < -0.39 is 0 Å². The summed E-state index contributed by atoms with van der Waals surface area (Å²) in [7, 11) is 0. The third kappa shape index (κ3) is 1.24. The molecule has 1 aromatic carbocycles. The van der Waals surface area contributed by atoms with Gasteiger partial charge in [0.25, 0.3) is 0 Å². The van der Waals surface area contributed by atoms with Gasteiger partial charge in [-0.15, -0.1) is 0 Å². The predicted octanol–water partition coefficient (Wildman–Crippen LogP) is 3.28. The molecule has 0 fully saturated rings. The second kappa shape index (κ2) is 2.91. The summed E-state index contributed by atoms with van der Waals surface area (Å²) in [6.45, 7) is 7.54. The molecule has 0 aliphatic rings. The standard InChI is InChI=1S/C12H15N/c1-4-13-10(3)8-11-7-9(2)5-6-12(11)13/h5-8H,4H2,1-3H3. The zero-order chi connectivity index (χ0) is 9.42. The van der Waals surface area contributed by atoms with Crippen molar-refractivity contribution in [1.82, 2.24) is 4.57 Å². The Balaban J connectivity index is 2.79. The van der Waals surface area contributed by atoms with Crippen LogP contribution >= 0.6 is 0 Å². The Morgan fingerprint density at radius 2 is 1.92 bits per heavy atom. The normalized spacial score (nSPS) is 11.0. The van der Waals surface area contributed by atoms with Crippen LogP contribution in [0.1, 0.15) is 18.2 Å². The number of hydrogen-bond donors (Lipinski definition) is 0. The Labute approximate surface area is 79.0 Å². The van der Waals surface area contributed by atoms with Crippen LogP contribution in [0.15, 0.2) is 24.3 Å². The van der Waals surface area contributed by atoms with Crippen LogP contribution in [0.3, 0.4) is 0 Å². The molecule has 0 saturated heterocycles. The molecule has 2 rings (SSSR count). The summed E-state index contributed by atoms with van der Waals surface area (Å²) in [4.78, 5) is 0. The molecule has 68 valence electrons. The van der Waals surface area contributed by atoms with Gasteiger partial charge in [0.05, 0.1) is 0 Å². The summed E-state index contributed by atoms with van der Waals surface area (Å²) in [5.41, 5.74) is 4.04. The van der Waals surface area contributed by atoms with Gasteiger partial charge in [-0.2, -0.15) is 0 Å². The molecule has 0 bridgehead atoms. The van der Waals surface area contributed by atoms with Crippen molar-refractivity contribution in [1.29, 1.82) is 0 Å². The van der Waals surface area contributed by atoms with Crippen LogP contribution in [0.25, 0.3) is 10.9 Å². The van der Waals surface area contributed by atoms with Crippen molar-refractivity contribution in [3.8, 4) is 0 Å². The van der Waals surface area contributed by atoms with Crippen LogP contribution in [0.5, 0.6) is 0 Å². The highest BCUT2D eigenvalue weighted by atomic mass is 15.0. The highest BCUT2D eigenvalue weighted by molar-refractivity contribution is 5.82. The molecule has 1 heteroatoms. The monoisotopic (exact) mass is 173 g/mol. The number of aromatic nitrogens is 1. The zero-order valence-electron chi connectivity index (χ0n) is 8.46. The lowest BCUT2D eigenvalue weighted by Gasteiger charge is -2.03. The summed E-state index contributed by atoms with van der Waals surface area (Å²) < 4.78 is 2.34. The van der Waals surface area contributed by atoms with Crippen LogP contribution in [-0.2, 0) is 6.54 Å². The number of fused-ring (bicyclic) bond motifs is 1. The minimum Gasteiger partial charge on any atom is -0.345 e. The lowest BCUT2D eigenvalue weighted by Crippen LogP contribution is -1.95. The van der Waals surface area contributed by atoms with E-state index in [2.05, 4.69) is 49.6 Å². The van der Waals surface area contributed by atoms with Crippen molar-refractivity contribution in [2.24, 2.45) is 0 Å². The molecule has 0 aliphatic heterocycles. The van der Waals surface area contributed by atoms with Gasteiger partial charge < -0.3 is 4.57 Å². The third-order valence-corrected chi connectivity index (χ3v) is 2.58. The fourth-order valence-electron chi connectivity index (χ4n) is 1.95. The van der Waals surface area contributed by atoms with E-state index in [1.54, 1.807) is 0 Å². The van der Waals surface area contributed by atoms with E-state index in [1.807, 2.05) is 0 Å². The van der Waals surface area contributed by atoms with E-state index in [4.69, 9.17) is 0 Å². The largest absolute Gasteiger partial charge is 0.345 e. The molecule has 0 saturated carbocycles. The van der Waals surface area contributed by atoms with Gasteiger partial charge in [-0.05, 0) is 39.0 Å².